The van der Waals surface area contributed by atoms with Crippen LogP contribution in [-0.4, -0.2) is 42.0 Å². The second-order valence-corrected chi connectivity index (χ2v) is 7.24. The van der Waals surface area contributed by atoms with Crippen molar-refractivity contribution in [2.45, 2.75) is 31.8 Å². The molecule has 0 aliphatic carbocycles. The van der Waals surface area contributed by atoms with E-state index in [1.54, 1.807) is 18.2 Å². The zero-order chi connectivity index (χ0) is 21.1. The van der Waals surface area contributed by atoms with Crippen LogP contribution in [0, 0.1) is 0 Å². The second kappa shape index (κ2) is 8.44. The normalized spacial score (nSPS) is 18.7. The first kappa shape index (κ1) is 19.8. The minimum absolute atomic E-state index is 0.0959. The first-order valence-corrected chi connectivity index (χ1v) is 9.91. The molecule has 8 nitrogen and oxygen atoms in total. The first-order valence-electron chi connectivity index (χ1n) is 9.91. The fraction of sp³-hybridized carbons (Fsp3) is 0.318. The molecule has 4 amide bonds. The standard InChI is InChI=1S/C22H23N3O5/c1-14(15-5-3-2-4-6-15)25-21(27)17(24-22(25)28)8-10-20(26)23-16-7-9-18-19(13-16)30-12-11-29-18/h2-7,9,13-14,17H,8,10-12H2,1H3,(H,23,26)(H,24,28)/t14-,17-/m0/s1. The van der Waals surface area contributed by atoms with Gasteiger partial charge in [-0.25, -0.2) is 4.79 Å². The molecule has 2 N–H and O–H groups in total. The molecule has 156 valence electrons. The molecular formula is C22H23N3O5. The monoisotopic (exact) mass is 409 g/mol. The van der Waals surface area contributed by atoms with Gasteiger partial charge in [-0.05, 0) is 31.0 Å². The number of urea groups is 1. The number of imide groups is 1. The van der Waals surface area contributed by atoms with E-state index < -0.39 is 12.1 Å². The molecule has 0 unspecified atom stereocenters. The van der Waals surface area contributed by atoms with Crippen molar-refractivity contribution in [2.75, 3.05) is 18.5 Å². The number of rotatable bonds is 6. The molecule has 1 fully saturated rings. The second-order valence-electron chi connectivity index (χ2n) is 7.24. The van der Waals surface area contributed by atoms with Crippen LogP contribution in [0.3, 0.4) is 0 Å². The van der Waals surface area contributed by atoms with Gasteiger partial charge in [0.2, 0.25) is 5.91 Å². The van der Waals surface area contributed by atoms with Crippen LogP contribution in [0.1, 0.15) is 31.4 Å². The molecule has 2 aromatic rings. The molecule has 0 bridgehead atoms. The van der Waals surface area contributed by atoms with Crippen LogP contribution in [0.2, 0.25) is 0 Å². The van der Waals surface area contributed by atoms with Crippen LogP contribution < -0.4 is 20.1 Å². The molecule has 30 heavy (non-hydrogen) atoms. The van der Waals surface area contributed by atoms with Gasteiger partial charge < -0.3 is 20.1 Å². The summed E-state index contributed by atoms with van der Waals surface area (Å²) < 4.78 is 11.0. The number of hydrogen-bond acceptors (Lipinski definition) is 5. The zero-order valence-corrected chi connectivity index (χ0v) is 16.6. The van der Waals surface area contributed by atoms with Gasteiger partial charge in [0.05, 0.1) is 6.04 Å². The Labute approximate surface area is 174 Å². The summed E-state index contributed by atoms with van der Waals surface area (Å²) in [7, 11) is 0. The van der Waals surface area contributed by atoms with Gasteiger partial charge in [0.15, 0.2) is 11.5 Å². The van der Waals surface area contributed by atoms with E-state index in [0.29, 0.717) is 30.4 Å². The van der Waals surface area contributed by atoms with E-state index >= 15 is 0 Å². The molecule has 8 heteroatoms. The lowest BCUT2D eigenvalue weighted by molar-refractivity contribution is -0.129. The van der Waals surface area contributed by atoms with E-state index in [2.05, 4.69) is 10.6 Å². The number of anilines is 1. The van der Waals surface area contributed by atoms with Gasteiger partial charge in [-0.2, -0.15) is 0 Å². The average molecular weight is 409 g/mol. The Hall–Kier alpha value is -3.55. The molecular weight excluding hydrogens is 386 g/mol. The van der Waals surface area contributed by atoms with E-state index in [4.69, 9.17) is 9.47 Å². The van der Waals surface area contributed by atoms with Crippen molar-refractivity contribution in [1.82, 2.24) is 10.2 Å². The lowest BCUT2D eigenvalue weighted by Crippen LogP contribution is -2.34. The minimum atomic E-state index is -0.713. The predicted octanol–water partition coefficient (Wildman–Crippen LogP) is 2.86. The van der Waals surface area contributed by atoms with Crippen molar-refractivity contribution >= 4 is 23.5 Å². The topological polar surface area (TPSA) is 97.0 Å². The number of ether oxygens (including phenoxy) is 2. The first-order chi connectivity index (χ1) is 14.5. The molecule has 4 rings (SSSR count). The number of benzene rings is 2. The van der Waals surface area contributed by atoms with Crippen molar-refractivity contribution in [3.63, 3.8) is 0 Å². The van der Waals surface area contributed by atoms with Gasteiger partial charge in [-0.15, -0.1) is 0 Å². The highest BCUT2D eigenvalue weighted by Gasteiger charge is 2.40. The molecule has 0 radical (unpaired) electrons. The summed E-state index contributed by atoms with van der Waals surface area (Å²) in [5.41, 5.74) is 1.46. The molecule has 2 aromatic carbocycles. The Morgan fingerprint density at radius 3 is 2.63 bits per heavy atom. The minimum Gasteiger partial charge on any atom is -0.486 e. The number of hydrogen-bond donors (Lipinski definition) is 2. The van der Waals surface area contributed by atoms with Crippen LogP contribution >= 0.6 is 0 Å². The third-order valence-electron chi connectivity index (χ3n) is 5.21. The maximum Gasteiger partial charge on any atom is 0.325 e. The van der Waals surface area contributed by atoms with Gasteiger partial charge >= 0.3 is 6.03 Å². The summed E-state index contributed by atoms with van der Waals surface area (Å²) in [5, 5.41) is 5.48. The fourth-order valence-corrected chi connectivity index (χ4v) is 3.61. The molecule has 2 aliphatic rings. The SMILES string of the molecule is C[C@@H](c1ccccc1)N1C(=O)N[C@@H](CCC(=O)Nc2ccc3c(c2)OCCO3)C1=O. The highest BCUT2D eigenvalue weighted by atomic mass is 16.6. The highest BCUT2D eigenvalue weighted by molar-refractivity contribution is 6.05. The van der Waals surface area contributed by atoms with E-state index in [0.717, 1.165) is 5.56 Å². The summed E-state index contributed by atoms with van der Waals surface area (Å²) in [6.45, 7) is 2.77. The smallest absolute Gasteiger partial charge is 0.325 e. The Morgan fingerprint density at radius 2 is 1.87 bits per heavy atom. The number of carbonyl (C=O) groups excluding carboxylic acids is 3. The van der Waals surface area contributed by atoms with Crippen molar-refractivity contribution in [3.8, 4) is 11.5 Å². The van der Waals surface area contributed by atoms with E-state index in [1.165, 1.54) is 4.90 Å². The highest BCUT2D eigenvalue weighted by Crippen LogP contribution is 2.32. The van der Waals surface area contributed by atoms with Crippen LogP contribution in [-0.2, 0) is 9.59 Å². The third kappa shape index (κ3) is 4.07. The molecule has 2 atom stereocenters. The number of carbonyl (C=O) groups is 3. The third-order valence-corrected chi connectivity index (χ3v) is 5.21. The largest absolute Gasteiger partial charge is 0.486 e. The van der Waals surface area contributed by atoms with Crippen LogP contribution in [0.5, 0.6) is 11.5 Å². The number of fused-ring (bicyclic) bond motifs is 1. The number of nitrogens with zero attached hydrogens (tertiary/aromatic N) is 1. The van der Waals surface area contributed by atoms with Crippen molar-refractivity contribution in [2.24, 2.45) is 0 Å². The number of amides is 4. The van der Waals surface area contributed by atoms with Crippen LogP contribution in [0.25, 0.3) is 0 Å². The quantitative estimate of drug-likeness (QED) is 0.715. The van der Waals surface area contributed by atoms with Gasteiger partial charge in [0.1, 0.15) is 19.3 Å². The molecule has 2 aliphatic heterocycles. The van der Waals surface area contributed by atoms with Gasteiger partial charge in [-0.1, -0.05) is 30.3 Å². The predicted molar refractivity (Wildman–Crippen MR) is 109 cm³/mol. The fourth-order valence-electron chi connectivity index (χ4n) is 3.61. The Morgan fingerprint density at radius 1 is 1.13 bits per heavy atom. The summed E-state index contributed by atoms with van der Waals surface area (Å²) in [6, 6.07) is 13.0. The number of nitrogens with one attached hydrogen (secondary N) is 2. The van der Waals surface area contributed by atoms with Crippen LogP contribution in [0.4, 0.5) is 10.5 Å². The molecule has 0 spiro atoms. The summed E-state index contributed by atoms with van der Waals surface area (Å²) in [5.74, 6) is 0.667. The van der Waals surface area contributed by atoms with Crippen LogP contribution in [0.15, 0.2) is 48.5 Å². The van der Waals surface area contributed by atoms with Crippen molar-refractivity contribution in [1.29, 1.82) is 0 Å². The van der Waals surface area contributed by atoms with E-state index in [9.17, 15) is 14.4 Å². The van der Waals surface area contributed by atoms with E-state index in [1.807, 2.05) is 37.3 Å². The maximum atomic E-state index is 12.7. The summed E-state index contributed by atoms with van der Waals surface area (Å²) in [6.07, 6.45) is 0.317. The molecule has 1 saturated heterocycles. The Balaban J connectivity index is 1.33. The van der Waals surface area contributed by atoms with Gasteiger partial charge in [0.25, 0.3) is 5.91 Å². The maximum absolute atomic E-state index is 12.7. The summed E-state index contributed by atoms with van der Waals surface area (Å²) >= 11 is 0. The Bertz CT molecular complexity index is 963. The average Bonchev–Trinajstić information content (AvgIpc) is 3.05. The molecule has 2 heterocycles. The van der Waals surface area contributed by atoms with E-state index in [-0.39, 0.29) is 30.7 Å². The molecule has 0 saturated carbocycles. The lowest BCUT2D eigenvalue weighted by atomic mass is 10.1. The summed E-state index contributed by atoms with van der Waals surface area (Å²) in [4.78, 5) is 38.7. The van der Waals surface area contributed by atoms with Crippen molar-refractivity contribution < 1.29 is 23.9 Å². The zero-order valence-electron chi connectivity index (χ0n) is 16.6. The Kier molecular flexibility index (Phi) is 5.56. The van der Waals surface area contributed by atoms with Gasteiger partial charge in [0, 0.05) is 18.2 Å². The van der Waals surface area contributed by atoms with Gasteiger partial charge in [-0.3, -0.25) is 14.5 Å². The molecule has 0 aromatic heterocycles. The lowest BCUT2D eigenvalue weighted by Gasteiger charge is -2.21. The van der Waals surface area contributed by atoms with Crippen molar-refractivity contribution in [3.05, 3.63) is 54.1 Å².